The number of benzene rings is 1. The molecular formula is C22H18F6N6O. The van der Waals surface area contributed by atoms with Gasteiger partial charge in [-0.25, -0.2) is 4.98 Å². The molecule has 3 N–H and O–H groups in total. The molecule has 0 bridgehead atoms. The van der Waals surface area contributed by atoms with Gasteiger partial charge in [-0.1, -0.05) is 18.2 Å². The van der Waals surface area contributed by atoms with Crippen LogP contribution < -0.4 is 11.1 Å². The zero-order valence-corrected chi connectivity index (χ0v) is 18.2. The number of carbonyl (C=O) groups is 1. The third-order valence-corrected chi connectivity index (χ3v) is 4.92. The summed E-state index contributed by atoms with van der Waals surface area (Å²) >= 11 is 0. The van der Waals surface area contributed by atoms with Gasteiger partial charge in [-0.3, -0.25) is 14.5 Å². The van der Waals surface area contributed by atoms with Crippen molar-refractivity contribution in [3.05, 3.63) is 65.7 Å². The molecule has 0 aliphatic rings. The molecule has 184 valence electrons. The van der Waals surface area contributed by atoms with Crippen LogP contribution in [0.3, 0.4) is 0 Å². The van der Waals surface area contributed by atoms with Crippen LogP contribution in [0, 0.1) is 0 Å². The lowest BCUT2D eigenvalue weighted by Crippen LogP contribution is -2.10. The first-order valence-electron chi connectivity index (χ1n) is 9.82. The van der Waals surface area contributed by atoms with Crippen molar-refractivity contribution in [3.63, 3.8) is 0 Å². The number of alkyl halides is 6. The van der Waals surface area contributed by atoms with Crippen molar-refractivity contribution in [2.45, 2.75) is 12.4 Å². The average Bonchev–Trinajstić information content (AvgIpc) is 3.15. The number of nitrogens with one attached hydrogen (secondary N) is 1. The smallest absolute Gasteiger partial charge is 0.388 e. The molecule has 3 aromatic heterocycles. The second-order valence-electron chi connectivity index (χ2n) is 7.12. The van der Waals surface area contributed by atoms with Crippen molar-refractivity contribution in [2.75, 3.05) is 18.1 Å². The van der Waals surface area contributed by atoms with Crippen LogP contribution in [0.1, 0.15) is 21.7 Å². The van der Waals surface area contributed by atoms with E-state index < -0.39 is 29.3 Å². The number of fused-ring (bicyclic) bond motifs is 1. The van der Waals surface area contributed by atoms with Gasteiger partial charge in [0.05, 0.1) is 0 Å². The number of nitrogen functional groups attached to an aromatic ring is 1. The molecule has 35 heavy (non-hydrogen) atoms. The quantitative estimate of drug-likeness (QED) is 0.299. The summed E-state index contributed by atoms with van der Waals surface area (Å²) in [5.74, 6) is 0.212. The minimum Gasteiger partial charge on any atom is -0.388 e. The molecule has 0 saturated heterocycles. The van der Waals surface area contributed by atoms with E-state index in [-0.39, 0.29) is 23.4 Å². The van der Waals surface area contributed by atoms with E-state index in [2.05, 4.69) is 20.4 Å². The van der Waals surface area contributed by atoms with Gasteiger partial charge in [0.15, 0.2) is 6.29 Å². The van der Waals surface area contributed by atoms with E-state index in [0.29, 0.717) is 16.5 Å². The zero-order chi connectivity index (χ0) is 26.0. The third kappa shape index (κ3) is 5.34. The Balaban J connectivity index is 0.000000241. The molecule has 0 unspecified atom stereocenters. The second kappa shape index (κ2) is 9.60. The monoisotopic (exact) mass is 496 g/mol. The number of aromatic nitrogens is 4. The SMILES string of the molecule is CNc1ccnc(C(F)(F)F)c1.Cn1nc(-c2cccc3c(N)nccc23)c(C(F)(F)F)c1C=O. The number of rotatable bonds is 3. The number of aldehydes is 1. The van der Waals surface area contributed by atoms with Gasteiger partial charge in [0.2, 0.25) is 0 Å². The highest BCUT2D eigenvalue weighted by molar-refractivity contribution is 6.01. The Labute approximate surface area is 194 Å². The number of anilines is 2. The standard InChI is InChI=1S/C15H11F3N4O.C7H7F3N2/c1-22-11(7-23)12(15(16,17)18)13(21-22)9-3-2-4-10-8(9)5-6-20-14(10)19;1-11-5-2-3-12-6(4-5)7(8,9)10/h2-7H,1H3,(H2,19,20);2-4H,1H3,(H,11,12). The molecular weight excluding hydrogens is 478 g/mol. The number of hydrogen-bond acceptors (Lipinski definition) is 6. The van der Waals surface area contributed by atoms with Gasteiger partial charge in [0.25, 0.3) is 0 Å². The molecule has 0 spiro atoms. The van der Waals surface area contributed by atoms with E-state index in [1.54, 1.807) is 25.2 Å². The number of nitrogens with zero attached hydrogens (tertiary/aromatic N) is 4. The molecule has 0 aliphatic carbocycles. The number of halogens is 6. The van der Waals surface area contributed by atoms with Crippen molar-refractivity contribution >= 4 is 28.6 Å². The minimum atomic E-state index is -4.71. The van der Waals surface area contributed by atoms with E-state index in [0.717, 1.165) is 16.9 Å². The number of pyridine rings is 2. The fourth-order valence-corrected chi connectivity index (χ4v) is 3.32. The average molecular weight is 496 g/mol. The van der Waals surface area contributed by atoms with Gasteiger partial charge in [-0.05, 0) is 23.6 Å². The highest BCUT2D eigenvalue weighted by Gasteiger charge is 2.40. The molecule has 3 heterocycles. The Morgan fingerprint density at radius 2 is 1.66 bits per heavy atom. The zero-order valence-electron chi connectivity index (χ0n) is 18.2. The molecule has 0 aliphatic heterocycles. The van der Waals surface area contributed by atoms with E-state index in [1.165, 1.54) is 25.4 Å². The molecule has 7 nitrogen and oxygen atoms in total. The fourth-order valence-electron chi connectivity index (χ4n) is 3.32. The predicted octanol–water partition coefficient (Wildman–Crippen LogP) is 5.19. The van der Waals surface area contributed by atoms with Gasteiger partial charge in [0, 0.05) is 43.1 Å². The van der Waals surface area contributed by atoms with Gasteiger partial charge < -0.3 is 11.1 Å². The van der Waals surface area contributed by atoms with Crippen molar-refractivity contribution in [1.29, 1.82) is 0 Å². The van der Waals surface area contributed by atoms with Gasteiger partial charge in [-0.15, -0.1) is 0 Å². The summed E-state index contributed by atoms with van der Waals surface area (Å²) in [6.45, 7) is 0. The van der Waals surface area contributed by atoms with E-state index in [9.17, 15) is 31.1 Å². The first-order chi connectivity index (χ1) is 16.4. The van der Waals surface area contributed by atoms with Crippen molar-refractivity contribution in [1.82, 2.24) is 19.7 Å². The van der Waals surface area contributed by atoms with Crippen LogP contribution in [0.5, 0.6) is 0 Å². The lowest BCUT2D eigenvalue weighted by Gasteiger charge is -2.10. The summed E-state index contributed by atoms with van der Waals surface area (Å²) in [4.78, 5) is 18.2. The van der Waals surface area contributed by atoms with Gasteiger partial charge in [0.1, 0.15) is 28.5 Å². The normalized spacial score (nSPS) is 11.7. The van der Waals surface area contributed by atoms with E-state index in [4.69, 9.17) is 5.73 Å². The first-order valence-corrected chi connectivity index (χ1v) is 9.82. The molecule has 0 atom stereocenters. The van der Waals surface area contributed by atoms with Gasteiger partial charge in [-0.2, -0.15) is 31.4 Å². The first kappa shape index (κ1) is 25.5. The third-order valence-electron chi connectivity index (χ3n) is 4.92. The fraction of sp³-hybridized carbons (Fsp3) is 0.182. The van der Waals surface area contributed by atoms with E-state index >= 15 is 0 Å². The Morgan fingerprint density at radius 3 is 2.26 bits per heavy atom. The highest BCUT2D eigenvalue weighted by atomic mass is 19.4. The Kier molecular flexibility index (Phi) is 6.99. The molecule has 13 heteroatoms. The molecule has 0 radical (unpaired) electrons. The summed E-state index contributed by atoms with van der Waals surface area (Å²) in [6, 6.07) is 8.74. The lowest BCUT2D eigenvalue weighted by atomic mass is 9.99. The number of aryl methyl sites for hydroxylation is 1. The summed E-state index contributed by atoms with van der Waals surface area (Å²) < 4.78 is 77.2. The van der Waals surface area contributed by atoms with Gasteiger partial charge >= 0.3 is 12.4 Å². The largest absolute Gasteiger partial charge is 0.433 e. The molecule has 0 fully saturated rings. The van der Waals surface area contributed by atoms with E-state index in [1.807, 2.05) is 0 Å². The maximum atomic E-state index is 13.4. The lowest BCUT2D eigenvalue weighted by molar-refractivity contribution is -0.141. The van der Waals surface area contributed by atoms with Crippen LogP contribution in [0.4, 0.5) is 37.8 Å². The van der Waals surface area contributed by atoms with Crippen LogP contribution in [0.15, 0.2) is 48.8 Å². The predicted molar refractivity (Wildman–Crippen MR) is 118 cm³/mol. The number of carbonyl (C=O) groups excluding carboxylic acids is 1. The van der Waals surface area contributed by atoms with Crippen molar-refractivity contribution in [3.8, 4) is 11.3 Å². The molecule has 4 aromatic rings. The van der Waals surface area contributed by atoms with Crippen LogP contribution >= 0.6 is 0 Å². The summed E-state index contributed by atoms with van der Waals surface area (Å²) in [6.07, 6.45) is -6.39. The maximum absolute atomic E-state index is 13.4. The van der Waals surface area contributed by atoms with Crippen molar-refractivity contribution in [2.24, 2.45) is 7.05 Å². The maximum Gasteiger partial charge on any atom is 0.433 e. The second-order valence-corrected chi connectivity index (χ2v) is 7.12. The van der Waals surface area contributed by atoms with Crippen LogP contribution in [-0.2, 0) is 19.4 Å². The topological polar surface area (TPSA) is 98.7 Å². The number of nitrogens with two attached hydrogens (primary N) is 1. The molecule has 1 aromatic carbocycles. The summed E-state index contributed by atoms with van der Waals surface area (Å²) in [5, 5.41) is 7.51. The summed E-state index contributed by atoms with van der Waals surface area (Å²) in [5.41, 5.74) is 3.65. The van der Waals surface area contributed by atoms with Crippen LogP contribution in [0.25, 0.3) is 22.0 Å². The summed E-state index contributed by atoms with van der Waals surface area (Å²) in [7, 11) is 2.85. The molecule has 4 rings (SSSR count). The Bertz CT molecular complexity index is 1360. The van der Waals surface area contributed by atoms with Crippen LogP contribution in [0.2, 0.25) is 0 Å². The van der Waals surface area contributed by atoms with Crippen molar-refractivity contribution < 1.29 is 31.1 Å². The Morgan fingerprint density at radius 1 is 0.971 bits per heavy atom. The minimum absolute atomic E-state index is 0.153. The highest BCUT2D eigenvalue weighted by Crippen LogP contribution is 2.40. The van der Waals surface area contributed by atoms with Crippen LogP contribution in [-0.4, -0.2) is 33.1 Å². The number of hydrogen-bond donors (Lipinski definition) is 2. The molecule has 0 amide bonds. The molecule has 0 saturated carbocycles. The Hall–Kier alpha value is -4.16.